The summed E-state index contributed by atoms with van der Waals surface area (Å²) in [4.78, 5) is 14.2. The first-order chi connectivity index (χ1) is 11.4. The second-order valence-electron chi connectivity index (χ2n) is 6.00. The van der Waals surface area contributed by atoms with Crippen LogP contribution >= 0.6 is 11.6 Å². The van der Waals surface area contributed by atoms with Crippen molar-refractivity contribution < 1.29 is 9.53 Å². The zero-order chi connectivity index (χ0) is 17.7. The molecule has 0 aliphatic rings. The van der Waals surface area contributed by atoms with E-state index < -0.39 is 0 Å². The quantitative estimate of drug-likeness (QED) is 0.858. The van der Waals surface area contributed by atoms with Crippen molar-refractivity contribution in [1.82, 2.24) is 4.90 Å². The van der Waals surface area contributed by atoms with E-state index in [4.69, 9.17) is 16.3 Å². The number of benzene rings is 2. The molecular weight excluding hydrogens is 324 g/mol. The Morgan fingerprint density at radius 3 is 2.62 bits per heavy atom. The number of ether oxygens (including phenoxy) is 1. The molecule has 2 aromatic carbocycles. The predicted molar refractivity (Wildman–Crippen MR) is 98.9 cm³/mol. The lowest BCUT2D eigenvalue weighted by atomic mass is 10.1. The maximum absolute atomic E-state index is 12.2. The summed E-state index contributed by atoms with van der Waals surface area (Å²) in [6.07, 6.45) is 0. The van der Waals surface area contributed by atoms with Crippen LogP contribution in [0.4, 0.5) is 5.69 Å². The van der Waals surface area contributed by atoms with Crippen molar-refractivity contribution in [3.05, 3.63) is 58.1 Å². The van der Waals surface area contributed by atoms with E-state index >= 15 is 0 Å². The van der Waals surface area contributed by atoms with E-state index in [1.807, 2.05) is 50.1 Å². The molecule has 0 aliphatic carbocycles. The minimum Gasteiger partial charge on any atom is -0.496 e. The van der Waals surface area contributed by atoms with Crippen LogP contribution in [0.1, 0.15) is 16.7 Å². The van der Waals surface area contributed by atoms with Gasteiger partial charge in [-0.3, -0.25) is 9.69 Å². The molecule has 0 fully saturated rings. The third-order valence-corrected chi connectivity index (χ3v) is 4.15. The fraction of sp³-hybridized carbons (Fsp3) is 0.316. The Labute approximate surface area is 148 Å². The molecule has 0 unspecified atom stereocenters. The molecule has 128 valence electrons. The molecular formula is C19H23ClN2O2. The number of likely N-dealkylation sites (N-methyl/N-ethyl adjacent to an activating group) is 1. The van der Waals surface area contributed by atoms with Gasteiger partial charge in [0.25, 0.3) is 0 Å². The molecule has 0 bridgehead atoms. The van der Waals surface area contributed by atoms with Crippen LogP contribution in [0.2, 0.25) is 5.02 Å². The number of nitrogens with one attached hydrogen (secondary N) is 1. The van der Waals surface area contributed by atoms with Gasteiger partial charge in [0.05, 0.1) is 13.7 Å². The van der Waals surface area contributed by atoms with Crippen molar-refractivity contribution in [2.75, 3.05) is 26.0 Å². The number of anilines is 1. The molecule has 0 aliphatic heterocycles. The molecule has 0 saturated heterocycles. The Kier molecular flexibility index (Phi) is 6.23. The lowest BCUT2D eigenvalue weighted by Gasteiger charge is -2.18. The molecule has 0 atom stereocenters. The Balaban J connectivity index is 1.96. The largest absolute Gasteiger partial charge is 0.496 e. The summed E-state index contributed by atoms with van der Waals surface area (Å²) in [7, 11) is 3.56. The van der Waals surface area contributed by atoms with Crippen LogP contribution in [0.25, 0.3) is 0 Å². The number of hydrogen-bond acceptors (Lipinski definition) is 3. The van der Waals surface area contributed by atoms with Crippen molar-refractivity contribution in [2.45, 2.75) is 20.4 Å². The highest BCUT2D eigenvalue weighted by molar-refractivity contribution is 6.31. The minimum atomic E-state index is -0.0796. The van der Waals surface area contributed by atoms with E-state index in [1.54, 1.807) is 13.2 Å². The van der Waals surface area contributed by atoms with Gasteiger partial charge >= 0.3 is 0 Å². The molecule has 0 spiro atoms. The topological polar surface area (TPSA) is 41.6 Å². The van der Waals surface area contributed by atoms with Gasteiger partial charge in [-0.05, 0) is 44.7 Å². The number of aryl methyl sites for hydroxylation is 2. The lowest BCUT2D eigenvalue weighted by molar-refractivity contribution is -0.117. The highest BCUT2D eigenvalue weighted by Gasteiger charge is 2.11. The van der Waals surface area contributed by atoms with Gasteiger partial charge in [-0.2, -0.15) is 0 Å². The molecule has 2 rings (SSSR count). The number of amides is 1. The van der Waals surface area contributed by atoms with Gasteiger partial charge in [0.15, 0.2) is 0 Å². The zero-order valence-corrected chi connectivity index (χ0v) is 15.3. The van der Waals surface area contributed by atoms with E-state index in [0.717, 1.165) is 22.4 Å². The van der Waals surface area contributed by atoms with E-state index in [1.165, 1.54) is 0 Å². The first-order valence-corrected chi connectivity index (χ1v) is 8.15. The standard InChI is InChI=1S/C19H23ClN2O2/c1-13-5-8-18(24-4)15(9-13)11-22(3)12-19(23)21-16-7-6-14(2)17(20)10-16/h5-10H,11-12H2,1-4H3,(H,21,23). The van der Waals surface area contributed by atoms with Crippen LogP contribution in [-0.4, -0.2) is 31.5 Å². The molecule has 5 heteroatoms. The molecule has 0 heterocycles. The summed E-state index contributed by atoms with van der Waals surface area (Å²) < 4.78 is 5.38. The highest BCUT2D eigenvalue weighted by Crippen LogP contribution is 2.22. The Bertz CT molecular complexity index is 731. The van der Waals surface area contributed by atoms with Crippen LogP contribution in [0, 0.1) is 13.8 Å². The normalized spacial score (nSPS) is 10.8. The highest BCUT2D eigenvalue weighted by atomic mass is 35.5. The van der Waals surface area contributed by atoms with Gasteiger partial charge in [-0.1, -0.05) is 35.4 Å². The maximum Gasteiger partial charge on any atom is 0.238 e. The number of hydrogen-bond donors (Lipinski definition) is 1. The average molecular weight is 347 g/mol. The first-order valence-electron chi connectivity index (χ1n) is 7.77. The third-order valence-electron chi connectivity index (χ3n) is 3.75. The lowest BCUT2D eigenvalue weighted by Crippen LogP contribution is -2.30. The summed E-state index contributed by atoms with van der Waals surface area (Å²) in [6.45, 7) is 4.88. The fourth-order valence-electron chi connectivity index (χ4n) is 2.49. The molecule has 2 aromatic rings. The van der Waals surface area contributed by atoms with Gasteiger partial charge in [0.2, 0.25) is 5.91 Å². The third kappa shape index (κ3) is 4.98. The first kappa shape index (κ1) is 18.3. The van der Waals surface area contributed by atoms with Crippen LogP contribution in [0.15, 0.2) is 36.4 Å². The summed E-state index contributed by atoms with van der Waals surface area (Å²) in [6, 6.07) is 11.5. The SMILES string of the molecule is COc1ccc(C)cc1CN(C)CC(=O)Nc1ccc(C)c(Cl)c1. The van der Waals surface area contributed by atoms with Crippen LogP contribution in [0.3, 0.4) is 0 Å². The van der Waals surface area contributed by atoms with Crippen molar-refractivity contribution in [1.29, 1.82) is 0 Å². The smallest absolute Gasteiger partial charge is 0.238 e. The summed E-state index contributed by atoms with van der Waals surface area (Å²) in [5.41, 5.74) is 3.92. The van der Waals surface area contributed by atoms with E-state index in [9.17, 15) is 4.79 Å². The van der Waals surface area contributed by atoms with Crippen molar-refractivity contribution in [3.63, 3.8) is 0 Å². The summed E-state index contributed by atoms with van der Waals surface area (Å²) in [5, 5.41) is 3.51. The zero-order valence-electron chi connectivity index (χ0n) is 14.5. The number of carbonyl (C=O) groups excluding carboxylic acids is 1. The molecule has 0 saturated carbocycles. The maximum atomic E-state index is 12.2. The summed E-state index contributed by atoms with van der Waals surface area (Å²) >= 11 is 6.08. The second-order valence-corrected chi connectivity index (χ2v) is 6.41. The van der Waals surface area contributed by atoms with Crippen LogP contribution in [-0.2, 0) is 11.3 Å². The molecule has 0 aromatic heterocycles. The van der Waals surface area contributed by atoms with Crippen LogP contribution in [0.5, 0.6) is 5.75 Å². The van der Waals surface area contributed by atoms with Gasteiger partial charge in [0.1, 0.15) is 5.75 Å². The Hall–Kier alpha value is -2.04. The fourth-order valence-corrected chi connectivity index (χ4v) is 2.67. The average Bonchev–Trinajstić information content (AvgIpc) is 2.51. The minimum absolute atomic E-state index is 0.0796. The Morgan fingerprint density at radius 1 is 1.21 bits per heavy atom. The second kappa shape index (κ2) is 8.18. The van der Waals surface area contributed by atoms with Crippen molar-refractivity contribution in [3.8, 4) is 5.75 Å². The predicted octanol–water partition coefficient (Wildman–Crippen LogP) is 4.04. The van der Waals surface area contributed by atoms with E-state index in [2.05, 4.69) is 11.4 Å². The molecule has 0 radical (unpaired) electrons. The number of carbonyl (C=O) groups is 1. The van der Waals surface area contributed by atoms with E-state index in [0.29, 0.717) is 17.3 Å². The van der Waals surface area contributed by atoms with Crippen molar-refractivity contribution >= 4 is 23.2 Å². The molecule has 1 N–H and O–H groups in total. The van der Waals surface area contributed by atoms with Gasteiger partial charge in [0, 0.05) is 22.8 Å². The molecule has 24 heavy (non-hydrogen) atoms. The number of rotatable bonds is 6. The van der Waals surface area contributed by atoms with Crippen LogP contribution < -0.4 is 10.1 Å². The monoisotopic (exact) mass is 346 g/mol. The summed E-state index contributed by atoms with van der Waals surface area (Å²) in [5.74, 6) is 0.752. The van der Waals surface area contributed by atoms with E-state index in [-0.39, 0.29) is 12.5 Å². The van der Waals surface area contributed by atoms with Gasteiger partial charge in [-0.25, -0.2) is 0 Å². The number of nitrogens with zero attached hydrogens (tertiary/aromatic N) is 1. The molecule has 1 amide bonds. The van der Waals surface area contributed by atoms with Crippen molar-refractivity contribution in [2.24, 2.45) is 0 Å². The number of halogens is 1. The number of methoxy groups -OCH3 is 1. The van der Waals surface area contributed by atoms with Gasteiger partial charge in [-0.15, -0.1) is 0 Å². The van der Waals surface area contributed by atoms with Gasteiger partial charge < -0.3 is 10.1 Å². The Morgan fingerprint density at radius 2 is 1.96 bits per heavy atom. The molecule has 4 nitrogen and oxygen atoms in total.